The lowest BCUT2D eigenvalue weighted by atomic mass is 10.1. The molecule has 1 fully saturated rings. The molecule has 6 nitrogen and oxygen atoms in total. The molecule has 1 aliphatic heterocycles. The van der Waals surface area contributed by atoms with Gasteiger partial charge in [0, 0.05) is 30.2 Å². The Morgan fingerprint density at radius 1 is 1.32 bits per heavy atom. The van der Waals surface area contributed by atoms with Crippen LogP contribution < -0.4 is 10.2 Å². The minimum atomic E-state index is -0.365. The van der Waals surface area contributed by atoms with Gasteiger partial charge in [-0.1, -0.05) is 15.9 Å². The summed E-state index contributed by atoms with van der Waals surface area (Å²) in [6.07, 6.45) is 0.222. The largest absolute Gasteiger partial charge is 0.323 e. The molecule has 0 bridgehead atoms. The second-order valence-electron chi connectivity index (χ2n) is 6.50. The maximum absolute atomic E-state index is 12.6. The fraction of sp³-hybridized carbons (Fsp3) is 0.389. The second-order valence-corrected chi connectivity index (χ2v) is 7.35. The number of halogens is 1. The van der Waals surface area contributed by atoms with E-state index in [-0.39, 0.29) is 24.2 Å². The van der Waals surface area contributed by atoms with Crippen LogP contribution in [0.15, 0.2) is 22.7 Å². The molecular weight excluding hydrogens is 384 g/mol. The third-order valence-corrected chi connectivity index (χ3v) is 5.60. The Hall–Kier alpha value is -2.15. The molecule has 2 aromatic rings. The minimum absolute atomic E-state index is 0.0264. The molecule has 0 saturated carbocycles. The molecule has 7 heteroatoms. The summed E-state index contributed by atoms with van der Waals surface area (Å²) < 4.78 is 2.74. The first-order valence-corrected chi connectivity index (χ1v) is 8.94. The van der Waals surface area contributed by atoms with Crippen molar-refractivity contribution in [2.24, 2.45) is 13.0 Å². The third-order valence-electron chi connectivity index (χ3n) is 4.71. The number of hydrogen-bond donors (Lipinski definition) is 1. The van der Waals surface area contributed by atoms with Crippen LogP contribution in [0.2, 0.25) is 0 Å². The van der Waals surface area contributed by atoms with Crippen molar-refractivity contribution in [2.75, 3.05) is 16.8 Å². The molecule has 1 N–H and O–H groups in total. The second kappa shape index (κ2) is 6.63. The normalized spacial score (nSPS) is 17.2. The predicted octanol–water partition coefficient (Wildman–Crippen LogP) is 3.10. The van der Waals surface area contributed by atoms with Crippen LogP contribution in [0.5, 0.6) is 0 Å². The van der Waals surface area contributed by atoms with E-state index in [0.29, 0.717) is 6.54 Å². The van der Waals surface area contributed by atoms with E-state index in [2.05, 4.69) is 26.3 Å². The molecule has 1 aromatic carbocycles. The number of nitrogens with zero attached hydrogens (tertiary/aromatic N) is 3. The van der Waals surface area contributed by atoms with Gasteiger partial charge in [-0.15, -0.1) is 0 Å². The summed E-state index contributed by atoms with van der Waals surface area (Å²) in [4.78, 5) is 26.7. The van der Waals surface area contributed by atoms with Crippen molar-refractivity contribution in [3.05, 3.63) is 39.6 Å². The van der Waals surface area contributed by atoms with E-state index in [1.165, 1.54) is 0 Å². The highest BCUT2D eigenvalue weighted by Crippen LogP contribution is 2.29. The Balaban J connectivity index is 1.75. The molecule has 0 spiro atoms. The van der Waals surface area contributed by atoms with Crippen LogP contribution in [-0.2, 0) is 16.6 Å². The number of anilines is 2. The summed E-state index contributed by atoms with van der Waals surface area (Å²) in [6, 6.07) is 5.77. The van der Waals surface area contributed by atoms with E-state index in [4.69, 9.17) is 0 Å². The average molecular weight is 405 g/mol. The molecular formula is C18H21BrN4O2. The number of nitrogens with one attached hydrogen (secondary N) is 1. The van der Waals surface area contributed by atoms with E-state index in [1.54, 1.807) is 9.58 Å². The van der Waals surface area contributed by atoms with Crippen molar-refractivity contribution in [3.8, 4) is 0 Å². The summed E-state index contributed by atoms with van der Waals surface area (Å²) in [5.74, 6) is -0.527. The smallest absolute Gasteiger partial charge is 0.229 e. The zero-order valence-electron chi connectivity index (χ0n) is 14.8. The predicted molar refractivity (Wildman–Crippen MR) is 101 cm³/mol. The van der Waals surface area contributed by atoms with Gasteiger partial charge in [-0.25, -0.2) is 0 Å². The van der Waals surface area contributed by atoms with Crippen LogP contribution in [0.3, 0.4) is 0 Å². The van der Waals surface area contributed by atoms with E-state index in [0.717, 1.165) is 32.8 Å². The first kappa shape index (κ1) is 17.7. The fourth-order valence-electron chi connectivity index (χ4n) is 3.11. The van der Waals surface area contributed by atoms with Crippen LogP contribution >= 0.6 is 15.9 Å². The molecule has 1 aliphatic rings. The molecule has 3 rings (SSSR count). The van der Waals surface area contributed by atoms with Crippen molar-refractivity contribution in [2.45, 2.75) is 27.2 Å². The molecule has 1 atom stereocenters. The lowest BCUT2D eigenvalue weighted by Gasteiger charge is -2.18. The topological polar surface area (TPSA) is 67.2 Å². The zero-order chi connectivity index (χ0) is 18.3. The highest BCUT2D eigenvalue weighted by molar-refractivity contribution is 9.10. The molecule has 0 radical (unpaired) electrons. The standard InChI is InChI=1S/C18H21BrN4O2/c1-10-7-14(5-6-15(10)19)23-9-13(8-16(23)24)18(25)20-17-11(2)21-22(4)12(17)3/h5-7,13H,8-9H2,1-4H3,(H,20,25)/t13-/m0/s1. The van der Waals surface area contributed by atoms with E-state index < -0.39 is 0 Å². The Labute approximate surface area is 155 Å². The highest BCUT2D eigenvalue weighted by Gasteiger charge is 2.35. The first-order chi connectivity index (χ1) is 11.8. The third kappa shape index (κ3) is 3.33. The number of carbonyl (C=O) groups is 2. The number of benzene rings is 1. The van der Waals surface area contributed by atoms with Gasteiger partial charge in [0.05, 0.1) is 23.0 Å². The molecule has 25 heavy (non-hydrogen) atoms. The lowest BCUT2D eigenvalue weighted by molar-refractivity contribution is -0.122. The fourth-order valence-corrected chi connectivity index (χ4v) is 3.36. The molecule has 1 saturated heterocycles. The SMILES string of the molecule is Cc1cc(N2C[C@@H](C(=O)Nc3c(C)nn(C)c3C)CC2=O)ccc1Br. The monoisotopic (exact) mass is 404 g/mol. The molecule has 2 amide bonds. The van der Waals surface area contributed by atoms with Gasteiger partial charge in [-0.2, -0.15) is 5.10 Å². The average Bonchev–Trinajstić information content (AvgIpc) is 3.05. The Kier molecular flexibility index (Phi) is 4.69. The van der Waals surface area contributed by atoms with Crippen LogP contribution in [0.4, 0.5) is 11.4 Å². The van der Waals surface area contributed by atoms with Gasteiger partial charge >= 0.3 is 0 Å². The Bertz CT molecular complexity index is 859. The van der Waals surface area contributed by atoms with Crippen LogP contribution in [0.1, 0.15) is 23.4 Å². The van der Waals surface area contributed by atoms with Crippen molar-refractivity contribution < 1.29 is 9.59 Å². The number of aryl methyl sites for hydroxylation is 3. The molecule has 2 heterocycles. The van der Waals surface area contributed by atoms with Crippen molar-refractivity contribution >= 4 is 39.1 Å². The first-order valence-electron chi connectivity index (χ1n) is 8.15. The molecule has 1 aromatic heterocycles. The Morgan fingerprint density at radius 3 is 2.64 bits per heavy atom. The lowest BCUT2D eigenvalue weighted by Crippen LogP contribution is -2.28. The quantitative estimate of drug-likeness (QED) is 0.854. The minimum Gasteiger partial charge on any atom is -0.323 e. The van der Waals surface area contributed by atoms with Gasteiger partial charge in [0.15, 0.2) is 0 Å². The van der Waals surface area contributed by atoms with Crippen LogP contribution in [0, 0.1) is 26.7 Å². The number of hydrogen-bond acceptors (Lipinski definition) is 3. The molecule has 0 aliphatic carbocycles. The maximum atomic E-state index is 12.6. The zero-order valence-corrected chi connectivity index (χ0v) is 16.3. The van der Waals surface area contributed by atoms with Gasteiger partial charge in [0.2, 0.25) is 11.8 Å². The van der Waals surface area contributed by atoms with Crippen molar-refractivity contribution in [1.29, 1.82) is 0 Å². The van der Waals surface area contributed by atoms with Crippen LogP contribution in [0.25, 0.3) is 0 Å². The van der Waals surface area contributed by atoms with E-state index >= 15 is 0 Å². The van der Waals surface area contributed by atoms with Crippen molar-refractivity contribution in [1.82, 2.24) is 9.78 Å². The summed E-state index contributed by atoms with van der Waals surface area (Å²) in [5.41, 5.74) is 4.29. The summed E-state index contributed by atoms with van der Waals surface area (Å²) in [5, 5.41) is 7.25. The van der Waals surface area contributed by atoms with Gasteiger partial charge in [0.25, 0.3) is 0 Å². The number of aromatic nitrogens is 2. The van der Waals surface area contributed by atoms with Gasteiger partial charge in [-0.05, 0) is 44.5 Å². The van der Waals surface area contributed by atoms with Crippen molar-refractivity contribution in [3.63, 3.8) is 0 Å². The summed E-state index contributed by atoms with van der Waals surface area (Å²) >= 11 is 3.47. The van der Waals surface area contributed by atoms with Gasteiger partial charge in [-0.3, -0.25) is 14.3 Å². The molecule has 0 unspecified atom stereocenters. The summed E-state index contributed by atoms with van der Waals surface area (Å²) in [6.45, 7) is 6.14. The van der Waals surface area contributed by atoms with Crippen LogP contribution in [-0.4, -0.2) is 28.1 Å². The maximum Gasteiger partial charge on any atom is 0.229 e. The Morgan fingerprint density at radius 2 is 2.04 bits per heavy atom. The molecule has 132 valence electrons. The number of amides is 2. The number of rotatable bonds is 3. The summed E-state index contributed by atoms with van der Waals surface area (Å²) in [7, 11) is 1.84. The van der Waals surface area contributed by atoms with Gasteiger partial charge in [0.1, 0.15) is 0 Å². The highest BCUT2D eigenvalue weighted by atomic mass is 79.9. The van der Waals surface area contributed by atoms with E-state index in [9.17, 15) is 9.59 Å². The van der Waals surface area contributed by atoms with Gasteiger partial charge < -0.3 is 10.2 Å². The van der Waals surface area contributed by atoms with E-state index in [1.807, 2.05) is 46.0 Å². The number of carbonyl (C=O) groups excluding carboxylic acids is 2.